The molecule has 0 aromatic carbocycles. The van der Waals surface area contributed by atoms with Gasteiger partial charge in [0.15, 0.2) is 5.82 Å². The fourth-order valence-electron chi connectivity index (χ4n) is 0.967. The van der Waals surface area contributed by atoms with Gasteiger partial charge < -0.3 is 15.0 Å². The summed E-state index contributed by atoms with van der Waals surface area (Å²) in [5.41, 5.74) is 5.12. The Labute approximate surface area is 82.2 Å². The minimum absolute atomic E-state index is 0.0664. The van der Waals surface area contributed by atoms with Gasteiger partial charge in [-0.25, -0.2) is 4.79 Å². The van der Waals surface area contributed by atoms with Gasteiger partial charge in [-0.3, -0.25) is 0 Å². The van der Waals surface area contributed by atoms with Crippen molar-refractivity contribution in [3.05, 3.63) is 11.3 Å². The van der Waals surface area contributed by atoms with Crippen molar-refractivity contribution in [1.82, 2.24) is 5.16 Å². The standard InChI is InChI=1S/C9H14N2O3/c1-5-6(7(10)11-14-5)8(12)13-9(2,3)4/h1-4H3,(H2,10,11). The molecule has 0 radical (unpaired) electrons. The highest BCUT2D eigenvalue weighted by Crippen LogP contribution is 2.19. The number of nitrogen functional groups attached to an aromatic ring is 1. The van der Waals surface area contributed by atoms with Gasteiger partial charge in [-0.2, -0.15) is 0 Å². The minimum atomic E-state index is -0.548. The molecule has 1 heterocycles. The van der Waals surface area contributed by atoms with E-state index in [0.29, 0.717) is 5.76 Å². The van der Waals surface area contributed by atoms with E-state index in [2.05, 4.69) is 5.16 Å². The van der Waals surface area contributed by atoms with Crippen molar-refractivity contribution in [3.8, 4) is 0 Å². The first-order valence-electron chi connectivity index (χ1n) is 4.26. The Morgan fingerprint density at radius 3 is 2.43 bits per heavy atom. The molecule has 0 bridgehead atoms. The predicted octanol–water partition coefficient (Wildman–Crippen LogP) is 1.52. The highest BCUT2D eigenvalue weighted by Gasteiger charge is 2.24. The van der Waals surface area contributed by atoms with Gasteiger partial charge in [0.2, 0.25) is 0 Å². The number of hydrogen-bond donors (Lipinski definition) is 1. The first-order valence-corrected chi connectivity index (χ1v) is 4.26. The third-order valence-corrected chi connectivity index (χ3v) is 1.49. The lowest BCUT2D eigenvalue weighted by Gasteiger charge is -2.18. The van der Waals surface area contributed by atoms with Gasteiger partial charge >= 0.3 is 5.97 Å². The highest BCUT2D eigenvalue weighted by molar-refractivity contribution is 5.95. The van der Waals surface area contributed by atoms with Crippen molar-refractivity contribution in [2.75, 3.05) is 5.73 Å². The number of esters is 1. The Balaban J connectivity index is 2.90. The van der Waals surface area contributed by atoms with Crippen molar-refractivity contribution in [2.24, 2.45) is 0 Å². The topological polar surface area (TPSA) is 78.4 Å². The summed E-state index contributed by atoms with van der Waals surface area (Å²) in [6.45, 7) is 6.96. The molecule has 2 N–H and O–H groups in total. The molecule has 1 aromatic heterocycles. The summed E-state index contributed by atoms with van der Waals surface area (Å²) in [7, 11) is 0. The Bertz CT molecular complexity index is 330. The molecule has 0 saturated heterocycles. The third kappa shape index (κ3) is 2.25. The number of hydrogen-bond acceptors (Lipinski definition) is 5. The Morgan fingerprint density at radius 1 is 1.50 bits per heavy atom. The quantitative estimate of drug-likeness (QED) is 0.692. The van der Waals surface area contributed by atoms with E-state index >= 15 is 0 Å². The summed E-state index contributed by atoms with van der Waals surface area (Å²) in [6, 6.07) is 0. The molecular formula is C9H14N2O3. The zero-order chi connectivity index (χ0) is 10.9. The fourth-order valence-corrected chi connectivity index (χ4v) is 0.967. The lowest BCUT2D eigenvalue weighted by Crippen LogP contribution is -2.24. The van der Waals surface area contributed by atoms with Crippen molar-refractivity contribution >= 4 is 11.8 Å². The Kier molecular flexibility index (Phi) is 2.51. The number of aromatic nitrogens is 1. The molecule has 0 unspecified atom stereocenters. The molecule has 5 heteroatoms. The van der Waals surface area contributed by atoms with E-state index in [1.165, 1.54) is 0 Å². The predicted molar refractivity (Wildman–Crippen MR) is 50.8 cm³/mol. The maximum absolute atomic E-state index is 11.6. The lowest BCUT2D eigenvalue weighted by atomic mass is 10.2. The molecule has 5 nitrogen and oxygen atoms in total. The normalized spacial score (nSPS) is 11.4. The van der Waals surface area contributed by atoms with Crippen molar-refractivity contribution in [1.29, 1.82) is 0 Å². The number of anilines is 1. The molecule has 78 valence electrons. The minimum Gasteiger partial charge on any atom is -0.456 e. The van der Waals surface area contributed by atoms with Crippen LogP contribution in [0.1, 0.15) is 36.9 Å². The van der Waals surface area contributed by atoms with Crippen LogP contribution < -0.4 is 5.73 Å². The van der Waals surface area contributed by atoms with Gasteiger partial charge in [0.05, 0.1) is 0 Å². The largest absolute Gasteiger partial charge is 0.456 e. The van der Waals surface area contributed by atoms with Crippen LogP contribution in [0.5, 0.6) is 0 Å². The number of aryl methyl sites for hydroxylation is 1. The van der Waals surface area contributed by atoms with Gasteiger partial charge in [0.25, 0.3) is 0 Å². The maximum Gasteiger partial charge on any atom is 0.346 e. The van der Waals surface area contributed by atoms with E-state index in [0.717, 1.165) is 0 Å². The number of nitrogens with zero attached hydrogens (tertiary/aromatic N) is 1. The number of ether oxygens (including phenoxy) is 1. The summed E-state index contributed by atoms with van der Waals surface area (Å²) >= 11 is 0. The van der Waals surface area contributed by atoms with E-state index in [9.17, 15) is 4.79 Å². The zero-order valence-corrected chi connectivity index (χ0v) is 8.75. The second-order valence-corrected chi connectivity index (χ2v) is 4.00. The first-order chi connectivity index (χ1) is 6.31. The third-order valence-electron chi connectivity index (χ3n) is 1.49. The van der Waals surface area contributed by atoms with Crippen LogP contribution >= 0.6 is 0 Å². The van der Waals surface area contributed by atoms with Gasteiger partial charge in [-0.15, -0.1) is 0 Å². The molecule has 1 aromatic rings. The molecule has 14 heavy (non-hydrogen) atoms. The highest BCUT2D eigenvalue weighted by atomic mass is 16.6. The van der Waals surface area contributed by atoms with Gasteiger partial charge in [-0.05, 0) is 27.7 Å². The van der Waals surface area contributed by atoms with Crippen LogP contribution in [0, 0.1) is 6.92 Å². The van der Waals surface area contributed by atoms with Gasteiger partial charge in [0, 0.05) is 0 Å². The molecule has 0 atom stereocenters. The molecule has 0 spiro atoms. The van der Waals surface area contributed by atoms with Crippen LogP contribution in [0.15, 0.2) is 4.52 Å². The van der Waals surface area contributed by atoms with Crippen molar-refractivity contribution in [2.45, 2.75) is 33.3 Å². The molecule has 1 rings (SSSR count). The Morgan fingerprint density at radius 2 is 2.07 bits per heavy atom. The zero-order valence-electron chi connectivity index (χ0n) is 8.75. The molecule has 0 aliphatic rings. The number of carbonyl (C=O) groups is 1. The summed E-state index contributed by atoms with van der Waals surface area (Å²) in [4.78, 5) is 11.6. The smallest absolute Gasteiger partial charge is 0.346 e. The maximum atomic E-state index is 11.6. The second-order valence-electron chi connectivity index (χ2n) is 4.00. The van der Waals surface area contributed by atoms with E-state index in [4.69, 9.17) is 15.0 Å². The molecular weight excluding hydrogens is 184 g/mol. The monoisotopic (exact) mass is 198 g/mol. The number of rotatable bonds is 1. The van der Waals surface area contributed by atoms with Crippen LogP contribution in [0.25, 0.3) is 0 Å². The molecule has 0 amide bonds. The Hall–Kier alpha value is -1.52. The average molecular weight is 198 g/mol. The second kappa shape index (κ2) is 3.32. The number of carbonyl (C=O) groups excluding carboxylic acids is 1. The van der Waals surface area contributed by atoms with Gasteiger partial charge in [0.1, 0.15) is 16.9 Å². The van der Waals surface area contributed by atoms with E-state index < -0.39 is 11.6 Å². The van der Waals surface area contributed by atoms with Crippen LogP contribution in [-0.4, -0.2) is 16.7 Å². The first kappa shape index (κ1) is 10.6. The molecule has 0 aliphatic carbocycles. The summed E-state index contributed by atoms with van der Waals surface area (Å²) < 4.78 is 9.88. The summed E-state index contributed by atoms with van der Waals surface area (Å²) in [5.74, 6) is -0.0674. The number of nitrogens with two attached hydrogens (primary N) is 1. The average Bonchev–Trinajstić information content (AvgIpc) is 2.27. The van der Waals surface area contributed by atoms with Crippen LogP contribution in [-0.2, 0) is 4.74 Å². The summed E-state index contributed by atoms with van der Waals surface area (Å²) in [5, 5.41) is 3.47. The van der Waals surface area contributed by atoms with E-state index in [1.807, 2.05) is 0 Å². The van der Waals surface area contributed by atoms with Crippen LogP contribution in [0.4, 0.5) is 5.82 Å². The summed E-state index contributed by atoms with van der Waals surface area (Å²) in [6.07, 6.45) is 0. The van der Waals surface area contributed by atoms with Crippen LogP contribution in [0.2, 0.25) is 0 Å². The van der Waals surface area contributed by atoms with Gasteiger partial charge in [-0.1, -0.05) is 5.16 Å². The van der Waals surface area contributed by atoms with E-state index in [1.54, 1.807) is 27.7 Å². The molecule has 0 fully saturated rings. The SMILES string of the molecule is Cc1onc(N)c1C(=O)OC(C)(C)C. The molecule has 0 saturated carbocycles. The van der Waals surface area contributed by atoms with Crippen molar-refractivity contribution in [3.63, 3.8) is 0 Å². The fraction of sp³-hybridized carbons (Fsp3) is 0.556. The lowest BCUT2D eigenvalue weighted by molar-refractivity contribution is 0.00690. The molecule has 0 aliphatic heterocycles. The van der Waals surface area contributed by atoms with Crippen LogP contribution in [0.3, 0.4) is 0 Å². The van der Waals surface area contributed by atoms with Crippen molar-refractivity contribution < 1.29 is 14.1 Å². The van der Waals surface area contributed by atoms with E-state index in [-0.39, 0.29) is 11.4 Å².